The maximum absolute atomic E-state index is 5.77. The molecule has 94 valence electrons. The van der Waals surface area contributed by atoms with E-state index < -0.39 is 0 Å². The fourth-order valence-electron chi connectivity index (χ4n) is 2.20. The van der Waals surface area contributed by atoms with Crippen molar-refractivity contribution in [3.8, 4) is 0 Å². The monoisotopic (exact) mass is 297 g/mol. The summed E-state index contributed by atoms with van der Waals surface area (Å²) in [5, 5.41) is 0.919. The van der Waals surface area contributed by atoms with Crippen molar-refractivity contribution in [3.05, 3.63) is 29.8 Å². The Morgan fingerprint density at radius 2 is 2.06 bits per heavy atom. The number of hydrogen-bond donors (Lipinski definition) is 0. The van der Waals surface area contributed by atoms with Crippen molar-refractivity contribution in [2.45, 2.75) is 30.7 Å². The molecule has 0 radical (unpaired) electrons. The van der Waals surface area contributed by atoms with Gasteiger partial charge in [0.15, 0.2) is 0 Å². The molecule has 3 heteroatoms. The molecule has 1 fully saturated rings. The predicted molar refractivity (Wildman–Crippen MR) is 75.9 cm³/mol. The third-order valence-electron chi connectivity index (χ3n) is 3.28. The highest BCUT2D eigenvalue weighted by atomic mass is 79.9. The van der Waals surface area contributed by atoms with Crippen molar-refractivity contribution in [1.82, 2.24) is 0 Å². The molecule has 1 saturated heterocycles. The fraction of sp³-hybridized carbons (Fsp3) is 0.571. The molecule has 1 heterocycles. The van der Waals surface area contributed by atoms with Gasteiger partial charge in [0.2, 0.25) is 0 Å². The van der Waals surface area contributed by atoms with Gasteiger partial charge in [0, 0.05) is 31.2 Å². The molecule has 0 aromatic heterocycles. The highest BCUT2D eigenvalue weighted by Gasteiger charge is 2.15. The third kappa shape index (κ3) is 3.71. The van der Waals surface area contributed by atoms with Crippen LogP contribution in [-0.2, 0) is 10.1 Å². The summed E-state index contributed by atoms with van der Waals surface area (Å²) >= 11 is 3.47. The van der Waals surface area contributed by atoms with Gasteiger partial charge >= 0.3 is 0 Å². The summed E-state index contributed by atoms with van der Waals surface area (Å²) < 4.78 is 5.77. The number of anilines is 1. The molecule has 0 bridgehead atoms. The summed E-state index contributed by atoms with van der Waals surface area (Å²) in [5.74, 6) is 0. The van der Waals surface area contributed by atoms with Crippen LogP contribution in [0.1, 0.15) is 24.8 Å². The smallest absolute Gasteiger partial charge is 0.0749 e. The van der Waals surface area contributed by atoms with Crippen molar-refractivity contribution in [3.63, 3.8) is 0 Å². The second kappa shape index (κ2) is 6.41. The van der Waals surface area contributed by atoms with Gasteiger partial charge in [-0.05, 0) is 37.0 Å². The van der Waals surface area contributed by atoms with Crippen molar-refractivity contribution < 1.29 is 4.74 Å². The average molecular weight is 298 g/mol. The molecule has 0 amide bonds. The molecule has 17 heavy (non-hydrogen) atoms. The number of likely N-dealkylation sites (N-methyl/N-ethyl adjacent to an activating group) is 1. The lowest BCUT2D eigenvalue weighted by Crippen LogP contribution is -2.33. The standard InChI is InChI=1S/C14H20BrNO/c1-16(11-14-4-2-3-9-17-14)13-7-5-12(10-15)6-8-13/h5-8,14H,2-4,9-11H2,1H3. The van der Waals surface area contributed by atoms with Gasteiger partial charge in [-0.3, -0.25) is 0 Å². The van der Waals surface area contributed by atoms with Crippen LogP contribution < -0.4 is 4.90 Å². The zero-order chi connectivity index (χ0) is 12.1. The van der Waals surface area contributed by atoms with E-state index in [9.17, 15) is 0 Å². The van der Waals surface area contributed by atoms with E-state index in [1.54, 1.807) is 0 Å². The van der Waals surface area contributed by atoms with Gasteiger partial charge in [0.1, 0.15) is 0 Å². The SMILES string of the molecule is CN(CC1CCCCO1)c1ccc(CBr)cc1. The van der Waals surface area contributed by atoms with Crippen LogP contribution in [0.25, 0.3) is 0 Å². The summed E-state index contributed by atoms with van der Waals surface area (Å²) in [6, 6.07) is 8.70. The Bertz CT molecular complexity index is 333. The van der Waals surface area contributed by atoms with Crippen LogP contribution in [0.5, 0.6) is 0 Å². The maximum atomic E-state index is 5.77. The van der Waals surface area contributed by atoms with E-state index in [0.717, 1.165) is 18.5 Å². The van der Waals surface area contributed by atoms with E-state index in [4.69, 9.17) is 4.74 Å². The normalized spacial score (nSPS) is 20.2. The van der Waals surface area contributed by atoms with Gasteiger partial charge in [-0.15, -0.1) is 0 Å². The zero-order valence-corrected chi connectivity index (χ0v) is 11.9. The van der Waals surface area contributed by atoms with E-state index in [1.165, 1.54) is 30.5 Å². The second-order valence-electron chi connectivity index (χ2n) is 4.67. The summed E-state index contributed by atoms with van der Waals surface area (Å²) in [5.41, 5.74) is 2.58. The molecular weight excluding hydrogens is 278 g/mol. The molecule has 1 aromatic rings. The maximum Gasteiger partial charge on any atom is 0.0749 e. The molecular formula is C14H20BrNO. The minimum atomic E-state index is 0.407. The number of nitrogens with zero attached hydrogens (tertiary/aromatic N) is 1. The first-order chi connectivity index (χ1) is 8.29. The van der Waals surface area contributed by atoms with Crippen molar-refractivity contribution in [1.29, 1.82) is 0 Å². The topological polar surface area (TPSA) is 12.5 Å². The quantitative estimate of drug-likeness (QED) is 0.788. The van der Waals surface area contributed by atoms with Gasteiger partial charge in [-0.1, -0.05) is 28.1 Å². The first kappa shape index (κ1) is 12.9. The van der Waals surface area contributed by atoms with Crippen LogP contribution in [0.4, 0.5) is 5.69 Å². The van der Waals surface area contributed by atoms with Crippen LogP contribution in [0.2, 0.25) is 0 Å². The molecule has 1 atom stereocenters. The molecule has 0 spiro atoms. The minimum Gasteiger partial charge on any atom is -0.376 e. The van der Waals surface area contributed by atoms with Crippen LogP contribution >= 0.6 is 15.9 Å². The highest BCUT2D eigenvalue weighted by Crippen LogP contribution is 2.19. The Balaban J connectivity index is 1.91. The molecule has 1 aromatic carbocycles. The van der Waals surface area contributed by atoms with Gasteiger partial charge < -0.3 is 9.64 Å². The Hall–Kier alpha value is -0.540. The van der Waals surface area contributed by atoms with Gasteiger partial charge in [-0.2, -0.15) is 0 Å². The lowest BCUT2D eigenvalue weighted by Gasteiger charge is -2.28. The van der Waals surface area contributed by atoms with Crippen LogP contribution in [-0.4, -0.2) is 26.3 Å². The molecule has 2 rings (SSSR count). The van der Waals surface area contributed by atoms with Crippen LogP contribution in [0, 0.1) is 0 Å². The van der Waals surface area contributed by atoms with E-state index in [1.807, 2.05) is 0 Å². The Morgan fingerprint density at radius 1 is 1.29 bits per heavy atom. The Labute approximate surface area is 112 Å². The highest BCUT2D eigenvalue weighted by molar-refractivity contribution is 9.08. The number of rotatable bonds is 4. The average Bonchev–Trinajstić information content (AvgIpc) is 2.40. The zero-order valence-electron chi connectivity index (χ0n) is 10.4. The Kier molecular flexibility index (Phi) is 4.86. The summed E-state index contributed by atoms with van der Waals surface area (Å²) in [4.78, 5) is 2.29. The van der Waals surface area contributed by atoms with Gasteiger partial charge in [0.05, 0.1) is 6.10 Å². The van der Waals surface area contributed by atoms with E-state index in [-0.39, 0.29) is 0 Å². The first-order valence-corrected chi connectivity index (χ1v) is 7.39. The number of halogens is 1. The molecule has 1 aliphatic heterocycles. The number of ether oxygens (including phenoxy) is 1. The second-order valence-corrected chi connectivity index (χ2v) is 5.23. The fourth-order valence-corrected chi connectivity index (χ4v) is 2.58. The first-order valence-electron chi connectivity index (χ1n) is 6.27. The molecule has 0 saturated carbocycles. The largest absolute Gasteiger partial charge is 0.376 e. The Morgan fingerprint density at radius 3 is 2.65 bits per heavy atom. The van der Waals surface area contributed by atoms with Crippen molar-refractivity contribution in [2.24, 2.45) is 0 Å². The number of hydrogen-bond acceptors (Lipinski definition) is 2. The lowest BCUT2D eigenvalue weighted by molar-refractivity contribution is 0.0216. The van der Waals surface area contributed by atoms with Crippen molar-refractivity contribution >= 4 is 21.6 Å². The molecule has 0 aliphatic carbocycles. The van der Waals surface area contributed by atoms with Crippen LogP contribution in [0.3, 0.4) is 0 Å². The molecule has 2 nitrogen and oxygen atoms in total. The van der Waals surface area contributed by atoms with Gasteiger partial charge in [0.25, 0.3) is 0 Å². The summed E-state index contributed by atoms with van der Waals surface area (Å²) in [7, 11) is 2.14. The van der Waals surface area contributed by atoms with E-state index >= 15 is 0 Å². The van der Waals surface area contributed by atoms with Gasteiger partial charge in [-0.25, -0.2) is 0 Å². The summed E-state index contributed by atoms with van der Waals surface area (Å²) in [6.45, 7) is 1.93. The lowest BCUT2D eigenvalue weighted by atomic mass is 10.1. The van der Waals surface area contributed by atoms with Crippen molar-refractivity contribution in [2.75, 3.05) is 25.1 Å². The molecule has 0 N–H and O–H groups in total. The minimum absolute atomic E-state index is 0.407. The predicted octanol–water partition coefficient (Wildman–Crippen LogP) is 3.59. The summed E-state index contributed by atoms with van der Waals surface area (Å²) in [6.07, 6.45) is 4.13. The number of alkyl halides is 1. The third-order valence-corrected chi connectivity index (χ3v) is 3.93. The molecule has 1 unspecified atom stereocenters. The van der Waals surface area contributed by atoms with E-state index in [0.29, 0.717) is 6.10 Å². The molecule has 1 aliphatic rings. The number of benzene rings is 1. The van der Waals surface area contributed by atoms with E-state index in [2.05, 4.69) is 52.1 Å². The van der Waals surface area contributed by atoms with Crippen LogP contribution in [0.15, 0.2) is 24.3 Å².